The molecular weight excluding hydrogens is 296 g/mol. The molecule has 1 aliphatic rings. The maximum Gasteiger partial charge on any atom is 0.220 e. The first-order valence-corrected chi connectivity index (χ1v) is 8.04. The van der Waals surface area contributed by atoms with E-state index in [2.05, 4.69) is 10.6 Å². The lowest BCUT2D eigenvalue weighted by Gasteiger charge is -2.11. The normalized spacial score (nSPS) is 16.9. The molecule has 6 nitrogen and oxygen atoms in total. The number of nitrogens with one attached hydrogen (secondary N) is 2. The van der Waals surface area contributed by atoms with Crippen LogP contribution >= 0.6 is 0 Å². The Hall–Kier alpha value is -1.95. The van der Waals surface area contributed by atoms with Crippen LogP contribution in [-0.2, 0) is 4.79 Å². The van der Waals surface area contributed by atoms with E-state index in [1.54, 1.807) is 32.4 Å². The van der Waals surface area contributed by atoms with Gasteiger partial charge < -0.3 is 24.8 Å². The number of methoxy groups -OCH3 is 2. The molecule has 2 N–H and O–H groups in total. The Morgan fingerprint density at radius 1 is 1.22 bits per heavy atom. The van der Waals surface area contributed by atoms with Gasteiger partial charge in [-0.3, -0.25) is 4.79 Å². The Bertz CT molecular complexity index is 479. The van der Waals surface area contributed by atoms with E-state index < -0.39 is 0 Å². The third-order valence-corrected chi connectivity index (χ3v) is 3.96. The summed E-state index contributed by atoms with van der Waals surface area (Å²) >= 11 is 0. The second-order valence-corrected chi connectivity index (χ2v) is 5.64. The molecule has 1 aromatic carbocycles. The molecule has 0 saturated carbocycles. The van der Waals surface area contributed by atoms with E-state index in [0.29, 0.717) is 42.7 Å². The molecule has 0 aliphatic carbocycles. The van der Waals surface area contributed by atoms with Crippen LogP contribution in [0.15, 0.2) is 18.2 Å². The highest BCUT2D eigenvalue weighted by molar-refractivity contribution is 5.75. The molecule has 0 aromatic heterocycles. The van der Waals surface area contributed by atoms with Crippen molar-refractivity contribution in [2.24, 2.45) is 5.92 Å². The number of hydrogen-bond donors (Lipinski definition) is 2. The first-order valence-electron chi connectivity index (χ1n) is 8.04. The standard InChI is InChI=1S/C17H26N2O4/c1-21-14-9-15(22-2)11-16(10-14)23-8-7-19-17(20)4-3-13-5-6-18-12-13/h9-11,13,18H,3-8,12H2,1-2H3,(H,19,20). The summed E-state index contributed by atoms with van der Waals surface area (Å²) in [6, 6.07) is 5.36. The summed E-state index contributed by atoms with van der Waals surface area (Å²) in [4.78, 5) is 11.8. The number of ether oxygens (including phenoxy) is 3. The number of carbonyl (C=O) groups excluding carboxylic acids is 1. The summed E-state index contributed by atoms with van der Waals surface area (Å²) in [5, 5.41) is 6.20. The van der Waals surface area contributed by atoms with Crippen molar-refractivity contribution in [3.8, 4) is 17.2 Å². The van der Waals surface area contributed by atoms with E-state index in [4.69, 9.17) is 14.2 Å². The largest absolute Gasteiger partial charge is 0.496 e. The topological polar surface area (TPSA) is 68.8 Å². The maximum atomic E-state index is 11.8. The van der Waals surface area contributed by atoms with Crippen LogP contribution in [0.1, 0.15) is 19.3 Å². The zero-order chi connectivity index (χ0) is 16.5. The molecule has 128 valence electrons. The number of benzene rings is 1. The van der Waals surface area contributed by atoms with Gasteiger partial charge in [0, 0.05) is 24.6 Å². The van der Waals surface area contributed by atoms with Gasteiger partial charge >= 0.3 is 0 Å². The fourth-order valence-corrected chi connectivity index (χ4v) is 2.61. The lowest BCUT2D eigenvalue weighted by atomic mass is 10.0. The molecule has 1 amide bonds. The Morgan fingerprint density at radius 2 is 1.91 bits per heavy atom. The number of rotatable bonds is 9. The second kappa shape index (κ2) is 9.25. The van der Waals surface area contributed by atoms with E-state index in [0.717, 1.165) is 19.5 Å². The van der Waals surface area contributed by atoms with Crippen LogP contribution in [-0.4, -0.2) is 46.4 Å². The van der Waals surface area contributed by atoms with E-state index >= 15 is 0 Å². The predicted octanol–water partition coefficient (Wildman–Crippen LogP) is 1.59. The lowest BCUT2D eigenvalue weighted by Crippen LogP contribution is -2.28. The maximum absolute atomic E-state index is 11.8. The Morgan fingerprint density at radius 3 is 2.52 bits per heavy atom. The van der Waals surface area contributed by atoms with Crippen molar-refractivity contribution in [3.05, 3.63) is 18.2 Å². The first-order chi connectivity index (χ1) is 11.2. The third-order valence-electron chi connectivity index (χ3n) is 3.96. The van der Waals surface area contributed by atoms with Crippen LogP contribution in [0.3, 0.4) is 0 Å². The number of hydrogen-bond acceptors (Lipinski definition) is 5. The zero-order valence-electron chi connectivity index (χ0n) is 13.9. The molecule has 1 aromatic rings. The molecule has 0 radical (unpaired) electrons. The molecule has 0 bridgehead atoms. The molecule has 0 spiro atoms. The van der Waals surface area contributed by atoms with Gasteiger partial charge in [-0.1, -0.05) is 0 Å². The number of carbonyl (C=O) groups is 1. The van der Waals surface area contributed by atoms with E-state index in [-0.39, 0.29) is 5.91 Å². The minimum absolute atomic E-state index is 0.0868. The quantitative estimate of drug-likeness (QED) is 0.676. The van der Waals surface area contributed by atoms with Crippen molar-refractivity contribution in [2.45, 2.75) is 19.3 Å². The van der Waals surface area contributed by atoms with Crippen LogP contribution in [0.25, 0.3) is 0 Å². The van der Waals surface area contributed by atoms with Gasteiger partial charge in [0.25, 0.3) is 0 Å². The van der Waals surface area contributed by atoms with Gasteiger partial charge in [-0.05, 0) is 31.8 Å². The van der Waals surface area contributed by atoms with Crippen LogP contribution in [0.2, 0.25) is 0 Å². The van der Waals surface area contributed by atoms with E-state index in [9.17, 15) is 4.79 Å². The fraction of sp³-hybridized carbons (Fsp3) is 0.588. The van der Waals surface area contributed by atoms with Crippen molar-refractivity contribution in [1.29, 1.82) is 0 Å². The van der Waals surface area contributed by atoms with E-state index in [1.165, 1.54) is 6.42 Å². The SMILES string of the molecule is COc1cc(OC)cc(OCCNC(=O)CCC2CCNC2)c1. The molecule has 1 heterocycles. The Balaban J connectivity index is 1.65. The molecule has 1 aliphatic heterocycles. The minimum atomic E-state index is 0.0868. The van der Waals surface area contributed by atoms with E-state index in [1.807, 2.05) is 0 Å². The van der Waals surface area contributed by atoms with Crippen LogP contribution in [0.5, 0.6) is 17.2 Å². The monoisotopic (exact) mass is 322 g/mol. The molecule has 1 atom stereocenters. The summed E-state index contributed by atoms with van der Waals surface area (Å²) in [7, 11) is 3.19. The lowest BCUT2D eigenvalue weighted by molar-refractivity contribution is -0.121. The number of amides is 1. The summed E-state index contributed by atoms with van der Waals surface area (Å²) < 4.78 is 16.0. The fourth-order valence-electron chi connectivity index (χ4n) is 2.61. The summed E-state index contributed by atoms with van der Waals surface area (Å²) in [5.41, 5.74) is 0. The van der Waals surface area contributed by atoms with Gasteiger partial charge in [-0.15, -0.1) is 0 Å². The third kappa shape index (κ3) is 5.98. The van der Waals surface area contributed by atoms with Crippen molar-refractivity contribution < 1.29 is 19.0 Å². The second-order valence-electron chi connectivity index (χ2n) is 5.64. The predicted molar refractivity (Wildman–Crippen MR) is 88.3 cm³/mol. The average molecular weight is 322 g/mol. The molecule has 2 rings (SSSR count). The van der Waals surface area contributed by atoms with Gasteiger partial charge in [0.05, 0.1) is 20.8 Å². The Labute approximate surface area is 137 Å². The first kappa shape index (κ1) is 17.4. The molecule has 1 unspecified atom stereocenters. The van der Waals surface area contributed by atoms with Gasteiger partial charge in [-0.25, -0.2) is 0 Å². The van der Waals surface area contributed by atoms with Gasteiger partial charge in [-0.2, -0.15) is 0 Å². The average Bonchev–Trinajstić information content (AvgIpc) is 3.10. The highest BCUT2D eigenvalue weighted by atomic mass is 16.5. The molecule has 6 heteroatoms. The Kier molecular flexibility index (Phi) is 7.00. The minimum Gasteiger partial charge on any atom is -0.496 e. The van der Waals surface area contributed by atoms with Gasteiger partial charge in [0.2, 0.25) is 5.91 Å². The molecular formula is C17H26N2O4. The molecule has 23 heavy (non-hydrogen) atoms. The molecule has 1 fully saturated rings. The van der Waals surface area contributed by atoms with Gasteiger partial charge in [0.1, 0.15) is 23.9 Å². The smallest absolute Gasteiger partial charge is 0.220 e. The zero-order valence-corrected chi connectivity index (χ0v) is 13.9. The van der Waals surface area contributed by atoms with Crippen molar-refractivity contribution >= 4 is 5.91 Å². The molecule has 1 saturated heterocycles. The highest BCUT2D eigenvalue weighted by Crippen LogP contribution is 2.27. The summed E-state index contributed by atoms with van der Waals surface area (Å²) in [6.45, 7) is 3.01. The summed E-state index contributed by atoms with van der Waals surface area (Å²) in [6.07, 6.45) is 2.71. The van der Waals surface area contributed by atoms with Crippen molar-refractivity contribution in [3.63, 3.8) is 0 Å². The van der Waals surface area contributed by atoms with Crippen LogP contribution in [0, 0.1) is 5.92 Å². The van der Waals surface area contributed by atoms with Crippen LogP contribution < -0.4 is 24.8 Å². The summed E-state index contributed by atoms with van der Waals surface area (Å²) in [5.74, 6) is 2.74. The van der Waals surface area contributed by atoms with Crippen molar-refractivity contribution in [2.75, 3.05) is 40.5 Å². The van der Waals surface area contributed by atoms with Crippen molar-refractivity contribution in [1.82, 2.24) is 10.6 Å². The van der Waals surface area contributed by atoms with Gasteiger partial charge in [0.15, 0.2) is 0 Å². The van der Waals surface area contributed by atoms with Crippen LogP contribution in [0.4, 0.5) is 0 Å². The highest BCUT2D eigenvalue weighted by Gasteiger charge is 2.15.